The first-order valence-corrected chi connectivity index (χ1v) is 19.1. The number of carbonyl (C=O) groups is 2. The van der Waals surface area contributed by atoms with Gasteiger partial charge in [0.15, 0.2) is 0 Å². The molecule has 2 aliphatic rings. The minimum atomic E-state index is -0.375. The fraction of sp³-hybridized carbons (Fsp3) is 0.333. The molecule has 14 nitrogen and oxygen atoms in total. The van der Waals surface area contributed by atoms with Gasteiger partial charge in [-0.15, -0.1) is 20.4 Å². The number of benzene rings is 2. The van der Waals surface area contributed by atoms with E-state index in [0.717, 1.165) is 59.8 Å². The predicted molar refractivity (Wildman–Crippen MR) is 211 cm³/mol. The van der Waals surface area contributed by atoms with Gasteiger partial charge in [-0.3, -0.25) is 19.4 Å². The summed E-state index contributed by atoms with van der Waals surface area (Å²) >= 11 is 0. The molecule has 0 aliphatic carbocycles. The number of aromatic nitrogens is 8. The second-order valence-electron chi connectivity index (χ2n) is 14.9. The highest BCUT2D eigenvalue weighted by Gasteiger charge is 2.38. The molecule has 2 aromatic carbocycles. The Labute approximate surface area is 326 Å². The minimum Gasteiger partial charge on any atom is -0.339 e. The van der Waals surface area contributed by atoms with Crippen molar-refractivity contribution in [2.75, 3.05) is 41.3 Å². The van der Waals surface area contributed by atoms with Crippen molar-refractivity contribution in [3.8, 4) is 34.2 Å². The van der Waals surface area contributed by atoms with E-state index in [1.54, 1.807) is 12.4 Å². The average Bonchev–Trinajstić information content (AvgIpc) is 4.06. The predicted octanol–water partition coefficient (Wildman–Crippen LogP) is 5.65. The summed E-state index contributed by atoms with van der Waals surface area (Å²) in [6.45, 7) is 1.36. The molecule has 0 spiro atoms. The Balaban J connectivity index is 0.930. The van der Waals surface area contributed by atoms with Crippen LogP contribution in [0, 0.1) is 0 Å². The average molecular weight is 751 g/mol. The summed E-state index contributed by atoms with van der Waals surface area (Å²) < 4.78 is 0. The van der Waals surface area contributed by atoms with Crippen molar-refractivity contribution in [2.24, 2.45) is 0 Å². The molecular formula is C42H46N12O2. The van der Waals surface area contributed by atoms with Crippen LogP contribution < -0.4 is 0 Å². The molecule has 2 amide bonds. The van der Waals surface area contributed by atoms with Gasteiger partial charge in [0.05, 0.1) is 35.9 Å². The van der Waals surface area contributed by atoms with Crippen LogP contribution in [0.5, 0.6) is 0 Å². The van der Waals surface area contributed by atoms with E-state index in [4.69, 9.17) is 0 Å². The molecule has 2 saturated heterocycles. The zero-order chi connectivity index (χ0) is 38.8. The van der Waals surface area contributed by atoms with Crippen LogP contribution in [0.25, 0.3) is 34.2 Å². The van der Waals surface area contributed by atoms with Crippen LogP contribution in [-0.2, 0) is 9.59 Å². The molecule has 0 unspecified atom stereocenters. The number of aromatic amines is 2. The molecule has 2 N–H and O–H groups in total. The number of amides is 2. The second-order valence-corrected chi connectivity index (χ2v) is 14.9. The minimum absolute atomic E-state index is 0.0654. The molecule has 4 aromatic heterocycles. The molecule has 0 bridgehead atoms. The summed E-state index contributed by atoms with van der Waals surface area (Å²) in [7, 11) is 7.75. The summed E-state index contributed by atoms with van der Waals surface area (Å²) in [6.07, 6.45) is 6.97. The first-order valence-electron chi connectivity index (χ1n) is 19.1. The number of hydrogen-bond donors (Lipinski definition) is 2. The summed E-state index contributed by atoms with van der Waals surface area (Å²) in [5, 5.41) is 17.9. The van der Waals surface area contributed by atoms with Gasteiger partial charge in [-0.1, -0.05) is 60.7 Å². The number of likely N-dealkylation sites (N-methyl/N-ethyl adjacent to an activating group) is 2. The molecule has 0 saturated carbocycles. The maximum Gasteiger partial charge on any atom is 0.245 e. The summed E-state index contributed by atoms with van der Waals surface area (Å²) in [6, 6.07) is 26.2. The van der Waals surface area contributed by atoms with E-state index >= 15 is 0 Å². The van der Waals surface area contributed by atoms with Crippen molar-refractivity contribution in [3.63, 3.8) is 0 Å². The Hall–Kier alpha value is -6.12. The molecule has 56 heavy (non-hydrogen) atoms. The number of likely N-dealkylation sites (tertiary alicyclic amines) is 2. The standard InChI is InChI=1S/C42H46N12O2/c1-51(2)37(27-13-7-5-8-14-27)41(55)53-23-11-17-35(53)39-43-25-33(45-39)31-21-19-29(47-49-31)30-20-22-32(50-48-30)34-26-44-40(46-34)36-18-12-24-54(36)42(56)38(52(3)4)28-15-9-6-10-16-28/h5-10,13-16,19-22,25-26,35-38H,11-12,17-18,23-24H2,1-4H3,(H,43,45)(H,44,46)/t35-,36-,37-,38-/m1/s1. The summed E-state index contributed by atoms with van der Waals surface area (Å²) in [5.74, 6) is 1.61. The van der Waals surface area contributed by atoms with Gasteiger partial charge in [0, 0.05) is 13.1 Å². The zero-order valence-electron chi connectivity index (χ0n) is 32.1. The highest BCUT2D eigenvalue weighted by molar-refractivity contribution is 5.84. The monoisotopic (exact) mass is 750 g/mol. The number of H-pyrrole nitrogens is 2. The molecule has 14 heteroatoms. The molecule has 8 rings (SSSR count). The van der Waals surface area contributed by atoms with Gasteiger partial charge in [0.25, 0.3) is 0 Å². The molecule has 0 radical (unpaired) electrons. The van der Waals surface area contributed by atoms with Crippen molar-refractivity contribution < 1.29 is 9.59 Å². The lowest BCUT2D eigenvalue weighted by Gasteiger charge is -2.31. The molecule has 6 heterocycles. The molecular weight excluding hydrogens is 705 g/mol. The van der Waals surface area contributed by atoms with Gasteiger partial charge >= 0.3 is 0 Å². The van der Waals surface area contributed by atoms with Gasteiger partial charge < -0.3 is 19.8 Å². The van der Waals surface area contributed by atoms with E-state index in [9.17, 15) is 9.59 Å². The maximum absolute atomic E-state index is 13.9. The van der Waals surface area contributed by atoms with Crippen LogP contribution in [0.15, 0.2) is 97.3 Å². The third-order valence-electron chi connectivity index (χ3n) is 10.8. The summed E-state index contributed by atoms with van der Waals surface area (Å²) in [5.41, 5.74) is 5.81. The molecule has 286 valence electrons. The van der Waals surface area contributed by atoms with Crippen molar-refractivity contribution in [3.05, 3.63) is 120 Å². The van der Waals surface area contributed by atoms with Crippen molar-refractivity contribution >= 4 is 11.8 Å². The number of rotatable bonds is 11. The normalized spacial score (nSPS) is 18.2. The zero-order valence-corrected chi connectivity index (χ0v) is 32.1. The van der Waals surface area contributed by atoms with Gasteiger partial charge in [-0.05, 0) is 89.3 Å². The molecule has 2 aliphatic heterocycles. The fourth-order valence-corrected chi connectivity index (χ4v) is 8.03. The van der Waals surface area contributed by atoms with Crippen LogP contribution in [0.2, 0.25) is 0 Å². The van der Waals surface area contributed by atoms with E-state index in [1.807, 2.05) is 133 Å². The Morgan fingerprint density at radius 3 is 1.30 bits per heavy atom. The Morgan fingerprint density at radius 1 is 0.571 bits per heavy atom. The Morgan fingerprint density at radius 2 is 0.946 bits per heavy atom. The van der Waals surface area contributed by atoms with E-state index < -0.39 is 0 Å². The largest absolute Gasteiger partial charge is 0.339 e. The lowest BCUT2D eigenvalue weighted by atomic mass is 10.0. The van der Waals surface area contributed by atoms with Crippen LogP contribution in [0.3, 0.4) is 0 Å². The van der Waals surface area contributed by atoms with Gasteiger partial charge in [-0.2, -0.15) is 0 Å². The fourth-order valence-electron chi connectivity index (χ4n) is 8.03. The van der Waals surface area contributed by atoms with E-state index in [1.165, 1.54) is 0 Å². The second kappa shape index (κ2) is 15.9. The lowest BCUT2D eigenvalue weighted by Crippen LogP contribution is -2.40. The number of nitrogens with zero attached hydrogens (tertiary/aromatic N) is 10. The quantitative estimate of drug-likeness (QED) is 0.170. The van der Waals surface area contributed by atoms with Crippen LogP contribution >= 0.6 is 0 Å². The molecule has 2 fully saturated rings. The van der Waals surface area contributed by atoms with Gasteiger partial charge in [-0.25, -0.2) is 9.97 Å². The first-order chi connectivity index (χ1) is 27.3. The van der Waals surface area contributed by atoms with Gasteiger partial charge in [0.1, 0.15) is 46.5 Å². The van der Waals surface area contributed by atoms with Crippen molar-refractivity contribution in [1.82, 2.24) is 59.9 Å². The van der Waals surface area contributed by atoms with E-state index in [2.05, 4.69) is 40.3 Å². The van der Waals surface area contributed by atoms with E-state index in [0.29, 0.717) is 35.9 Å². The number of hydrogen-bond acceptors (Lipinski definition) is 10. The van der Waals surface area contributed by atoms with Gasteiger partial charge in [0.2, 0.25) is 11.8 Å². The van der Waals surface area contributed by atoms with E-state index in [-0.39, 0.29) is 36.0 Å². The third kappa shape index (κ3) is 7.32. The highest BCUT2D eigenvalue weighted by atomic mass is 16.2. The number of carbonyl (C=O) groups excluding carboxylic acids is 2. The van der Waals surface area contributed by atoms with Crippen molar-refractivity contribution in [1.29, 1.82) is 0 Å². The third-order valence-corrected chi connectivity index (χ3v) is 10.8. The molecule has 6 aromatic rings. The maximum atomic E-state index is 13.9. The summed E-state index contributed by atoms with van der Waals surface area (Å²) in [4.78, 5) is 51.8. The topological polar surface area (TPSA) is 156 Å². The smallest absolute Gasteiger partial charge is 0.245 e. The number of nitrogens with one attached hydrogen (secondary N) is 2. The van der Waals surface area contributed by atoms with Crippen LogP contribution in [0.1, 0.15) is 72.6 Å². The Bertz CT molecular complexity index is 2090. The van der Waals surface area contributed by atoms with Crippen molar-refractivity contribution in [2.45, 2.75) is 49.9 Å². The highest BCUT2D eigenvalue weighted by Crippen LogP contribution is 2.36. The van der Waals surface area contributed by atoms with Crippen LogP contribution in [-0.4, -0.2) is 113 Å². The SMILES string of the molecule is CN(C)[C@@H](C(=O)N1CCC[C@@H]1c1ncc(-c2ccc(-c3ccc(-c4cnc([C@H]5CCCN5C(=O)[C@@H](c5ccccc5)N(C)C)[nH]4)nn3)nn2)[nH]1)c1ccccc1. The molecule has 4 atom stereocenters. The lowest BCUT2D eigenvalue weighted by molar-refractivity contribution is -0.138. The Kier molecular flexibility index (Phi) is 10.5. The van der Waals surface area contributed by atoms with Crippen LogP contribution in [0.4, 0.5) is 0 Å². The first kappa shape index (κ1) is 36.8. The number of imidazole rings is 2.